The monoisotopic (exact) mass is 438 g/mol. The van der Waals surface area contributed by atoms with E-state index in [9.17, 15) is 13.6 Å². The number of halogens is 2. The smallest absolute Gasteiger partial charge is 0.387 e. The van der Waals surface area contributed by atoms with Crippen molar-refractivity contribution in [1.82, 2.24) is 4.98 Å². The molecule has 0 unspecified atom stereocenters. The van der Waals surface area contributed by atoms with E-state index in [1.807, 2.05) is 55.5 Å². The number of nitrogens with zero attached hydrogens (tertiary/aromatic N) is 1. The maximum atomic E-state index is 12.9. The zero-order chi connectivity index (χ0) is 22.7. The van der Waals surface area contributed by atoms with Crippen LogP contribution in [0.4, 0.5) is 8.78 Å². The minimum Gasteiger partial charge on any atom is -0.460 e. The number of rotatable bonds is 7. The summed E-state index contributed by atoms with van der Waals surface area (Å²) in [5, 5.41) is 0. The van der Waals surface area contributed by atoms with E-state index in [-0.39, 0.29) is 30.0 Å². The molecule has 0 radical (unpaired) electrons. The van der Waals surface area contributed by atoms with Gasteiger partial charge in [0, 0.05) is 17.2 Å². The van der Waals surface area contributed by atoms with Crippen molar-refractivity contribution in [2.24, 2.45) is 5.73 Å². The first-order chi connectivity index (χ1) is 15.5. The predicted octanol–water partition coefficient (Wildman–Crippen LogP) is 5.07. The summed E-state index contributed by atoms with van der Waals surface area (Å²) in [6, 6.07) is 18.5. The SMILES string of the molecule is Cc1c(-c2ccccc2)cccc1-c1nc2cc(COC(=O)CN)c(OC(F)F)cc2o1. The normalized spacial score (nSPS) is 11.2. The molecule has 0 aliphatic carbocycles. The summed E-state index contributed by atoms with van der Waals surface area (Å²) >= 11 is 0. The quantitative estimate of drug-likeness (QED) is 0.405. The lowest BCUT2D eigenvalue weighted by atomic mass is 9.96. The van der Waals surface area contributed by atoms with Crippen molar-refractivity contribution < 1.29 is 27.5 Å². The molecule has 6 nitrogen and oxygen atoms in total. The van der Waals surface area contributed by atoms with Crippen LogP contribution in [-0.2, 0) is 16.1 Å². The molecular formula is C24H20F2N2O4. The highest BCUT2D eigenvalue weighted by molar-refractivity contribution is 5.82. The van der Waals surface area contributed by atoms with Crippen molar-refractivity contribution in [2.45, 2.75) is 20.1 Å². The molecule has 1 heterocycles. The Labute approximate surface area is 182 Å². The van der Waals surface area contributed by atoms with Gasteiger partial charge in [-0.15, -0.1) is 0 Å². The molecule has 0 atom stereocenters. The summed E-state index contributed by atoms with van der Waals surface area (Å²) in [5.41, 5.74) is 9.97. The molecule has 0 amide bonds. The molecule has 2 N–H and O–H groups in total. The lowest BCUT2D eigenvalue weighted by Crippen LogP contribution is -2.17. The number of alkyl halides is 2. The maximum Gasteiger partial charge on any atom is 0.387 e. The fraction of sp³-hybridized carbons (Fsp3) is 0.167. The Hall–Kier alpha value is -3.78. The fourth-order valence-electron chi connectivity index (χ4n) is 3.45. The minimum atomic E-state index is -3.05. The van der Waals surface area contributed by atoms with Gasteiger partial charge in [-0.2, -0.15) is 8.78 Å². The van der Waals surface area contributed by atoms with Crippen LogP contribution in [0.3, 0.4) is 0 Å². The molecule has 0 fully saturated rings. The first-order valence-electron chi connectivity index (χ1n) is 9.85. The Morgan fingerprint density at radius 3 is 2.56 bits per heavy atom. The second kappa shape index (κ2) is 9.15. The molecule has 1 aromatic heterocycles. The third-order valence-electron chi connectivity index (χ3n) is 4.99. The van der Waals surface area contributed by atoms with Gasteiger partial charge in [-0.1, -0.05) is 42.5 Å². The van der Waals surface area contributed by atoms with E-state index in [0.717, 1.165) is 22.3 Å². The van der Waals surface area contributed by atoms with Crippen LogP contribution < -0.4 is 10.5 Å². The number of fused-ring (bicyclic) bond motifs is 1. The first kappa shape index (κ1) is 21.5. The number of carbonyl (C=O) groups excluding carboxylic acids is 1. The Morgan fingerprint density at radius 1 is 1.09 bits per heavy atom. The van der Waals surface area contributed by atoms with Crippen LogP contribution in [0.2, 0.25) is 0 Å². The van der Waals surface area contributed by atoms with Crippen LogP contribution in [0.25, 0.3) is 33.7 Å². The average molecular weight is 438 g/mol. The van der Waals surface area contributed by atoms with Gasteiger partial charge in [-0.05, 0) is 35.7 Å². The lowest BCUT2D eigenvalue weighted by molar-refractivity contribution is -0.143. The van der Waals surface area contributed by atoms with Crippen LogP contribution in [0.1, 0.15) is 11.1 Å². The molecule has 8 heteroatoms. The lowest BCUT2D eigenvalue weighted by Gasteiger charge is -2.10. The van der Waals surface area contributed by atoms with Crippen LogP contribution >= 0.6 is 0 Å². The summed E-state index contributed by atoms with van der Waals surface area (Å²) in [6.07, 6.45) is 0. The second-order valence-corrected chi connectivity index (χ2v) is 7.03. The number of oxazole rings is 1. The largest absolute Gasteiger partial charge is 0.460 e. The standard InChI is InChI=1S/C24H20F2N2O4/c1-14-17(15-6-3-2-4-7-15)8-5-9-18(14)23-28-19-10-16(13-30-22(29)12-27)20(32-24(25)26)11-21(19)31-23/h2-11,24H,12-13,27H2,1H3. The van der Waals surface area contributed by atoms with Crippen molar-refractivity contribution in [3.8, 4) is 28.3 Å². The average Bonchev–Trinajstić information content (AvgIpc) is 3.20. The van der Waals surface area contributed by atoms with Crippen LogP contribution in [-0.4, -0.2) is 24.1 Å². The zero-order valence-electron chi connectivity index (χ0n) is 17.2. The van der Waals surface area contributed by atoms with Gasteiger partial charge >= 0.3 is 12.6 Å². The Morgan fingerprint density at radius 2 is 1.84 bits per heavy atom. The highest BCUT2D eigenvalue weighted by Gasteiger charge is 2.18. The number of ether oxygens (including phenoxy) is 2. The highest BCUT2D eigenvalue weighted by atomic mass is 19.3. The summed E-state index contributed by atoms with van der Waals surface area (Å²) in [4.78, 5) is 15.9. The Bertz CT molecular complexity index is 1260. The summed E-state index contributed by atoms with van der Waals surface area (Å²) < 4.78 is 41.3. The predicted molar refractivity (Wildman–Crippen MR) is 115 cm³/mol. The molecule has 0 saturated heterocycles. The Kier molecular flexibility index (Phi) is 6.13. The molecule has 32 heavy (non-hydrogen) atoms. The van der Waals surface area contributed by atoms with Gasteiger partial charge in [0.1, 0.15) is 17.9 Å². The zero-order valence-corrected chi connectivity index (χ0v) is 17.2. The second-order valence-electron chi connectivity index (χ2n) is 7.03. The third kappa shape index (κ3) is 4.45. The van der Waals surface area contributed by atoms with Gasteiger partial charge in [0.15, 0.2) is 5.58 Å². The van der Waals surface area contributed by atoms with E-state index in [4.69, 9.17) is 14.9 Å². The molecule has 0 bridgehead atoms. The van der Waals surface area contributed by atoms with E-state index < -0.39 is 12.6 Å². The van der Waals surface area contributed by atoms with E-state index in [2.05, 4.69) is 9.72 Å². The van der Waals surface area contributed by atoms with Crippen LogP contribution in [0, 0.1) is 6.92 Å². The number of hydrogen-bond donors (Lipinski definition) is 1. The van der Waals surface area contributed by atoms with E-state index in [1.165, 1.54) is 12.1 Å². The number of aromatic nitrogens is 1. The molecule has 0 aliphatic heterocycles. The highest BCUT2D eigenvalue weighted by Crippen LogP contribution is 2.35. The number of benzene rings is 3. The van der Waals surface area contributed by atoms with Crippen molar-refractivity contribution >= 4 is 17.1 Å². The molecule has 0 spiro atoms. The molecular weight excluding hydrogens is 418 g/mol. The van der Waals surface area contributed by atoms with Crippen molar-refractivity contribution in [1.29, 1.82) is 0 Å². The fourth-order valence-corrected chi connectivity index (χ4v) is 3.45. The third-order valence-corrected chi connectivity index (χ3v) is 4.99. The maximum absolute atomic E-state index is 12.9. The molecule has 0 saturated carbocycles. The molecule has 164 valence electrons. The minimum absolute atomic E-state index is 0.158. The van der Waals surface area contributed by atoms with Crippen LogP contribution in [0.15, 0.2) is 65.1 Å². The van der Waals surface area contributed by atoms with Gasteiger partial charge < -0.3 is 19.6 Å². The number of nitrogens with two attached hydrogens (primary N) is 1. The van der Waals surface area contributed by atoms with Gasteiger partial charge in [0.25, 0.3) is 0 Å². The number of esters is 1. The summed E-state index contributed by atoms with van der Waals surface area (Å²) in [5.74, 6) is -0.480. The number of carbonyl (C=O) groups is 1. The van der Waals surface area contributed by atoms with Crippen molar-refractivity contribution in [3.63, 3.8) is 0 Å². The van der Waals surface area contributed by atoms with E-state index >= 15 is 0 Å². The molecule has 4 rings (SSSR count). The van der Waals surface area contributed by atoms with Gasteiger partial charge in [-0.25, -0.2) is 4.98 Å². The summed E-state index contributed by atoms with van der Waals surface area (Å²) in [6.45, 7) is -1.68. The van der Waals surface area contributed by atoms with Crippen LogP contribution in [0.5, 0.6) is 5.75 Å². The van der Waals surface area contributed by atoms with E-state index in [0.29, 0.717) is 11.4 Å². The Balaban J connectivity index is 1.76. The van der Waals surface area contributed by atoms with Gasteiger partial charge in [0.2, 0.25) is 5.89 Å². The summed E-state index contributed by atoms with van der Waals surface area (Å²) in [7, 11) is 0. The van der Waals surface area contributed by atoms with Gasteiger partial charge in [0.05, 0.1) is 6.54 Å². The molecule has 3 aromatic carbocycles. The topological polar surface area (TPSA) is 87.6 Å². The first-order valence-corrected chi connectivity index (χ1v) is 9.85. The van der Waals surface area contributed by atoms with Crippen molar-refractivity contribution in [2.75, 3.05) is 6.54 Å². The van der Waals surface area contributed by atoms with E-state index in [1.54, 1.807) is 0 Å². The van der Waals surface area contributed by atoms with Gasteiger partial charge in [-0.3, -0.25) is 4.79 Å². The number of hydrogen-bond acceptors (Lipinski definition) is 6. The van der Waals surface area contributed by atoms with Crippen molar-refractivity contribution in [3.05, 3.63) is 71.8 Å². The molecule has 4 aromatic rings. The molecule has 0 aliphatic rings.